The Bertz CT molecular complexity index is 301. The number of aliphatic hydroxyl groups is 1. The molecule has 0 radical (unpaired) electrons. The lowest BCUT2D eigenvalue weighted by molar-refractivity contribution is 0.177. The first-order valence-corrected chi connectivity index (χ1v) is 4.38. The van der Waals surface area contributed by atoms with E-state index in [4.69, 9.17) is 4.74 Å². The molecular weight excluding hydrogens is 182 g/mol. The van der Waals surface area contributed by atoms with Crippen molar-refractivity contribution in [3.63, 3.8) is 0 Å². The number of phenols is 1. The van der Waals surface area contributed by atoms with Crippen molar-refractivity contribution < 1.29 is 14.9 Å². The summed E-state index contributed by atoms with van der Waals surface area (Å²) in [5.74, 6) is 0.450. The van der Waals surface area contributed by atoms with E-state index in [0.717, 1.165) is 0 Å². The molecule has 4 nitrogen and oxygen atoms in total. The van der Waals surface area contributed by atoms with E-state index in [2.05, 4.69) is 5.32 Å². The number of rotatable bonds is 4. The zero-order chi connectivity index (χ0) is 10.6. The second-order valence-corrected chi connectivity index (χ2v) is 3.00. The number of likely N-dealkylation sites (N-methyl/N-ethyl adjacent to an activating group) is 1. The molecule has 1 rings (SSSR count). The van der Waals surface area contributed by atoms with E-state index in [1.54, 1.807) is 19.2 Å². The van der Waals surface area contributed by atoms with Crippen LogP contribution in [0.15, 0.2) is 18.2 Å². The standard InChI is InChI=1S/C10H15NO3/c1-11-6-9(13)7-3-4-10(14-2)8(12)5-7/h3-5,9,11-13H,6H2,1-2H3. The maximum Gasteiger partial charge on any atom is 0.160 e. The van der Waals surface area contributed by atoms with Crippen LogP contribution in [0.2, 0.25) is 0 Å². The molecule has 0 fully saturated rings. The molecule has 1 unspecified atom stereocenters. The summed E-state index contributed by atoms with van der Waals surface area (Å²) in [6.45, 7) is 0.450. The Hall–Kier alpha value is -1.26. The smallest absolute Gasteiger partial charge is 0.160 e. The van der Waals surface area contributed by atoms with Crippen LogP contribution in [0.3, 0.4) is 0 Å². The highest BCUT2D eigenvalue weighted by Crippen LogP contribution is 2.28. The van der Waals surface area contributed by atoms with Crippen LogP contribution < -0.4 is 10.1 Å². The van der Waals surface area contributed by atoms with Crippen LogP contribution in [-0.4, -0.2) is 30.9 Å². The van der Waals surface area contributed by atoms with Gasteiger partial charge >= 0.3 is 0 Å². The van der Waals surface area contributed by atoms with Crippen molar-refractivity contribution in [3.05, 3.63) is 23.8 Å². The highest BCUT2D eigenvalue weighted by atomic mass is 16.5. The zero-order valence-electron chi connectivity index (χ0n) is 8.32. The number of phenolic OH excluding ortho intramolecular Hbond substituents is 1. The van der Waals surface area contributed by atoms with Gasteiger partial charge < -0.3 is 20.3 Å². The van der Waals surface area contributed by atoms with Gasteiger partial charge in [-0.15, -0.1) is 0 Å². The lowest BCUT2D eigenvalue weighted by atomic mass is 10.1. The van der Waals surface area contributed by atoms with Crippen molar-refractivity contribution >= 4 is 0 Å². The third-order valence-electron chi connectivity index (χ3n) is 1.99. The van der Waals surface area contributed by atoms with Gasteiger partial charge in [-0.25, -0.2) is 0 Å². The molecule has 0 aromatic heterocycles. The summed E-state index contributed by atoms with van der Waals surface area (Å²) in [5, 5.41) is 21.9. The lowest BCUT2D eigenvalue weighted by Crippen LogP contribution is -2.16. The number of hydrogen-bond donors (Lipinski definition) is 3. The van der Waals surface area contributed by atoms with Crippen molar-refractivity contribution in [2.45, 2.75) is 6.10 Å². The Morgan fingerprint density at radius 2 is 2.21 bits per heavy atom. The van der Waals surface area contributed by atoms with Gasteiger partial charge in [0.05, 0.1) is 13.2 Å². The van der Waals surface area contributed by atoms with Crippen molar-refractivity contribution in [1.29, 1.82) is 0 Å². The van der Waals surface area contributed by atoms with Gasteiger partial charge in [-0.2, -0.15) is 0 Å². The summed E-state index contributed by atoms with van der Waals surface area (Å²) in [6.07, 6.45) is -0.614. The first-order chi connectivity index (χ1) is 6.69. The maximum absolute atomic E-state index is 9.59. The van der Waals surface area contributed by atoms with Gasteiger partial charge in [-0.3, -0.25) is 0 Å². The molecule has 0 amide bonds. The monoisotopic (exact) mass is 197 g/mol. The molecule has 0 aliphatic heterocycles. The predicted octanol–water partition coefficient (Wildman–Crippen LogP) is 0.654. The molecule has 14 heavy (non-hydrogen) atoms. The number of nitrogens with one attached hydrogen (secondary N) is 1. The maximum atomic E-state index is 9.59. The summed E-state index contributed by atoms with van der Waals surface area (Å²) in [7, 11) is 3.24. The van der Waals surface area contributed by atoms with Gasteiger partial charge in [0.1, 0.15) is 0 Å². The molecule has 1 atom stereocenters. The summed E-state index contributed by atoms with van der Waals surface area (Å²) in [5.41, 5.74) is 0.664. The Kier molecular flexibility index (Phi) is 3.73. The minimum atomic E-state index is -0.614. The fourth-order valence-corrected chi connectivity index (χ4v) is 1.23. The molecule has 0 aliphatic carbocycles. The second kappa shape index (κ2) is 4.83. The fourth-order valence-electron chi connectivity index (χ4n) is 1.23. The molecule has 0 saturated carbocycles. The van der Waals surface area contributed by atoms with E-state index in [0.29, 0.717) is 17.9 Å². The predicted molar refractivity (Wildman–Crippen MR) is 53.5 cm³/mol. The van der Waals surface area contributed by atoms with Crippen LogP contribution in [-0.2, 0) is 0 Å². The van der Waals surface area contributed by atoms with Crippen LogP contribution in [0.5, 0.6) is 11.5 Å². The SMILES string of the molecule is CNCC(O)c1ccc(OC)c(O)c1. The number of benzene rings is 1. The Morgan fingerprint density at radius 1 is 1.50 bits per heavy atom. The Balaban J connectivity index is 2.85. The highest BCUT2D eigenvalue weighted by Gasteiger charge is 2.09. The van der Waals surface area contributed by atoms with E-state index in [1.807, 2.05) is 0 Å². The third-order valence-corrected chi connectivity index (χ3v) is 1.99. The van der Waals surface area contributed by atoms with Gasteiger partial charge in [-0.05, 0) is 24.7 Å². The normalized spacial score (nSPS) is 12.5. The summed E-state index contributed by atoms with van der Waals surface area (Å²) in [6, 6.07) is 4.85. The minimum Gasteiger partial charge on any atom is -0.504 e. The molecular formula is C10H15NO3. The largest absolute Gasteiger partial charge is 0.504 e. The van der Waals surface area contributed by atoms with E-state index in [-0.39, 0.29) is 5.75 Å². The van der Waals surface area contributed by atoms with Crippen LogP contribution in [0.1, 0.15) is 11.7 Å². The first-order valence-electron chi connectivity index (χ1n) is 4.38. The molecule has 78 valence electrons. The zero-order valence-corrected chi connectivity index (χ0v) is 8.32. The third kappa shape index (κ3) is 2.37. The number of aliphatic hydroxyl groups excluding tert-OH is 1. The average molecular weight is 197 g/mol. The molecule has 1 aromatic rings. The Morgan fingerprint density at radius 3 is 2.71 bits per heavy atom. The molecule has 0 spiro atoms. The van der Waals surface area contributed by atoms with Crippen LogP contribution in [0, 0.1) is 0 Å². The van der Waals surface area contributed by atoms with E-state index < -0.39 is 6.10 Å². The number of ether oxygens (including phenoxy) is 1. The molecule has 4 heteroatoms. The van der Waals surface area contributed by atoms with Crippen LogP contribution in [0.4, 0.5) is 0 Å². The van der Waals surface area contributed by atoms with E-state index in [9.17, 15) is 10.2 Å². The lowest BCUT2D eigenvalue weighted by Gasteiger charge is -2.11. The summed E-state index contributed by atoms with van der Waals surface area (Å²) in [4.78, 5) is 0. The average Bonchev–Trinajstić information content (AvgIpc) is 2.18. The Labute approximate surface area is 83.1 Å². The minimum absolute atomic E-state index is 0.0418. The molecule has 0 bridgehead atoms. The van der Waals surface area contributed by atoms with Crippen molar-refractivity contribution in [3.8, 4) is 11.5 Å². The van der Waals surface area contributed by atoms with Crippen LogP contribution >= 0.6 is 0 Å². The molecule has 3 N–H and O–H groups in total. The number of methoxy groups -OCH3 is 1. The topological polar surface area (TPSA) is 61.7 Å². The van der Waals surface area contributed by atoms with Gasteiger partial charge in [-0.1, -0.05) is 6.07 Å². The molecule has 1 aromatic carbocycles. The van der Waals surface area contributed by atoms with Gasteiger partial charge in [0, 0.05) is 6.54 Å². The summed E-state index contributed by atoms with van der Waals surface area (Å²) >= 11 is 0. The summed E-state index contributed by atoms with van der Waals surface area (Å²) < 4.78 is 4.89. The number of aromatic hydroxyl groups is 1. The fraction of sp³-hybridized carbons (Fsp3) is 0.400. The number of hydrogen-bond acceptors (Lipinski definition) is 4. The second-order valence-electron chi connectivity index (χ2n) is 3.00. The van der Waals surface area contributed by atoms with Gasteiger partial charge in [0.2, 0.25) is 0 Å². The quantitative estimate of drug-likeness (QED) is 0.663. The van der Waals surface area contributed by atoms with Crippen LogP contribution in [0.25, 0.3) is 0 Å². The van der Waals surface area contributed by atoms with Gasteiger partial charge in [0.25, 0.3) is 0 Å². The molecule has 0 heterocycles. The highest BCUT2D eigenvalue weighted by molar-refractivity contribution is 5.42. The van der Waals surface area contributed by atoms with Crippen molar-refractivity contribution in [2.75, 3.05) is 20.7 Å². The molecule has 0 saturated heterocycles. The molecule has 0 aliphatic rings. The van der Waals surface area contributed by atoms with Crippen molar-refractivity contribution in [2.24, 2.45) is 0 Å². The van der Waals surface area contributed by atoms with E-state index >= 15 is 0 Å². The van der Waals surface area contributed by atoms with Crippen molar-refractivity contribution in [1.82, 2.24) is 5.32 Å². The first kappa shape index (κ1) is 10.8. The van der Waals surface area contributed by atoms with Gasteiger partial charge in [0.15, 0.2) is 11.5 Å². The van der Waals surface area contributed by atoms with E-state index in [1.165, 1.54) is 13.2 Å².